The summed E-state index contributed by atoms with van der Waals surface area (Å²) in [5.74, 6) is -2.02. The Labute approximate surface area is 486 Å². The molecule has 0 radical (unpaired) electrons. The lowest BCUT2D eigenvalue weighted by atomic mass is 10.1. The minimum atomic E-state index is -5.44. The second-order valence-electron chi connectivity index (χ2n) is 17.3. The van der Waals surface area contributed by atoms with Gasteiger partial charge < -0.3 is 22.3 Å². The predicted molar refractivity (Wildman–Crippen MR) is 300 cm³/mol. The average molecular weight is 1340 g/mol. The van der Waals surface area contributed by atoms with Crippen molar-refractivity contribution in [2.45, 2.75) is 39.2 Å². The standard InChI is InChI=1S/C44H36N12O22S8/c1-2-79(58,59)27-11-7-24(8-12-27)49-53-41-35(84(70,71)72)17-22-18-36(85(73,74)75)42(44(57)37(22)40(41)47)54-50-25-9-13-28(14-10-25)81(62,63)56-26-5-3-23(4-6-26)48-52-30-20-34(83(67,68)69)39(46)43(38(30)45)55-51-29-19-32-33(21-31(29)82(64,65)66)86(76,77)78-15-16-80(32,60)61/h2-14,17-21,56-57H,1,15-16,45-47H2,(H,64,65,66)(H,67,68,69)(H,70,71,72)(H,73,74,75)/b52-48+,53-49+,54-50+,55-51+. The Balaban J connectivity index is 1.04. The third-order valence-corrected chi connectivity index (χ3v) is 21.1. The molecular formula is C44H36N12O22S8. The minimum absolute atomic E-state index is 0.0631. The van der Waals surface area contributed by atoms with Gasteiger partial charge in [0.15, 0.2) is 25.4 Å². The highest BCUT2D eigenvalue weighted by molar-refractivity contribution is 7.94. The molecule has 1 aliphatic heterocycles. The van der Waals surface area contributed by atoms with Crippen LogP contribution in [0.2, 0.25) is 0 Å². The summed E-state index contributed by atoms with van der Waals surface area (Å²) in [6.07, 6.45) is 0. The van der Waals surface area contributed by atoms with Crippen molar-refractivity contribution in [3.8, 4) is 5.75 Å². The fourth-order valence-corrected chi connectivity index (χ4v) is 15.0. The van der Waals surface area contributed by atoms with Gasteiger partial charge >= 0.3 is 0 Å². The molecule has 86 heavy (non-hydrogen) atoms. The molecule has 452 valence electrons. The number of sulfone groups is 2. The van der Waals surface area contributed by atoms with E-state index in [9.17, 15) is 90.7 Å². The second kappa shape index (κ2) is 22.6. The molecule has 0 amide bonds. The van der Waals surface area contributed by atoms with Gasteiger partial charge in [-0.15, -0.1) is 25.6 Å². The average Bonchev–Trinajstić information content (AvgIpc) is 1.05. The van der Waals surface area contributed by atoms with E-state index in [0.717, 1.165) is 36.4 Å². The fraction of sp³-hybridized carbons (Fsp3) is 0.0455. The van der Waals surface area contributed by atoms with Gasteiger partial charge in [-0.25, -0.2) is 25.3 Å². The minimum Gasteiger partial charge on any atom is -0.505 e. The van der Waals surface area contributed by atoms with Crippen LogP contribution in [0.25, 0.3) is 10.8 Å². The van der Waals surface area contributed by atoms with Crippen LogP contribution in [0.5, 0.6) is 5.75 Å². The van der Waals surface area contributed by atoms with Crippen LogP contribution in [-0.2, 0) is 84.5 Å². The largest absolute Gasteiger partial charge is 0.505 e. The Hall–Kier alpha value is -8.66. The first-order valence-electron chi connectivity index (χ1n) is 22.7. The van der Waals surface area contributed by atoms with Crippen LogP contribution in [0, 0.1) is 0 Å². The first kappa shape index (κ1) is 63.4. The Morgan fingerprint density at radius 2 is 0.965 bits per heavy atom. The van der Waals surface area contributed by atoms with Crippen LogP contribution in [0.4, 0.5) is 68.2 Å². The molecular weight excluding hydrogens is 1310 g/mol. The predicted octanol–water partition coefficient (Wildman–Crippen LogP) is 7.15. The van der Waals surface area contributed by atoms with Gasteiger partial charge in [-0.3, -0.25) is 27.1 Å². The molecule has 0 unspecified atom stereocenters. The number of aromatic hydroxyl groups is 1. The van der Waals surface area contributed by atoms with Crippen molar-refractivity contribution < 1.29 is 94.8 Å². The number of nitrogens with two attached hydrogens (primary N) is 3. The molecule has 0 fully saturated rings. The van der Waals surface area contributed by atoms with Crippen molar-refractivity contribution in [2.75, 3.05) is 34.3 Å². The van der Waals surface area contributed by atoms with Crippen molar-refractivity contribution >= 4 is 159 Å². The number of fused-ring (bicyclic) bond motifs is 2. The Morgan fingerprint density at radius 1 is 0.500 bits per heavy atom. The van der Waals surface area contributed by atoms with E-state index in [-0.39, 0.29) is 33.7 Å². The summed E-state index contributed by atoms with van der Waals surface area (Å²) in [5.41, 5.74) is 11.4. The number of hydrogen-bond donors (Lipinski definition) is 9. The maximum absolute atomic E-state index is 13.5. The molecule has 1 aliphatic rings. The van der Waals surface area contributed by atoms with Crippen molar-refractivity contribution in [3.63, 3.8) is 0 Å². The number of benzene rings is 7. The lowest BCUT2D eigenvalue weighted by molar-refractivity contribution is 0.340. The molecule has 12 N–H and O–H groups in total. The molecule has 42 heteroatoms. The van der Waals surface area contributed by atoms with Crippen molar-refractivity contribution in [1.82, 2.24) is 0 Å². The summed E-state index contributed by atoms with van der Waals surface area (Å²) in [6, 6.07) is 16.1. The summed E-state index contributed by atoms with van der Waals surface area (Å²) in [5, 5.41) is 41.2. The number of nitrogens with zero attached hydrogens (tertiary/aromatic N) is 8. The molecule has 0 saturated heterocycles. The van der Waals surface area contributed by atoms with Gasteiger partial charge in [0.25, 0.3) is 60.6 Å². The Morgan fingerprint density at radius 3 is 1.49 bits per heavy atom. The Bertz CT molecular complexity index is 5150. The quantitative estimate of drug-likeness (QED) is 0.0189. The first-order valence-corrected chi connectivity index (χ1v) is 34.5. The van der Waals surface area contributed by atoms with Gasteiger partial charge in [0, 0.05) is 11.1 Å². The highest BCUT2D eigenvalue weighted by Crippen LogP contribution is 2.49. The smallest absolute Gasteiger partial charge is 0.298 e. The summed E-state index contributed by atoms with van der Waals surface area (Å²) in [7, 11) is -39.0. The number of hydrogen-bond acceptors (Lipinski definition) is 29. The molecule has 7 aromatic rings. The first-order chi connectivity index (χ1) is 39.7. The zero-order valence-corrected chi connectivity index (χ0v) is 48.8. The summed E-state index contributed by atoms with van der Waals surface area (Å²) in [6.45, 7) is 2.36. The second-order valence-corrected chi connectivity index (χ2v) is 30.1. The van der Waals surface area contributed by atoms with Crippen LogP contribution >= 0.6 is 0 Å². The molecule has 0 spiro atoms. The highest BCUT2D eigenvalue weighted by Gasteiger charge is 2.36. The van der Waals surface area contributed by atoms with Crippen molar-refractivity contribution in [3.05, 3.63) is 115 Å². The van der Waals surface area contributed by atoms with Gasteiger partial charge in [0.1, 0.15) is 52.9 Å². The van der Waals surface area contributed by atoms with E-state index in [2.05, 4.69) is 56.4 Å². The van der Waals surface area contributed by atoms with Crippen LogP contribution in [0.3, 0.4) is 0 Å². The highest BCUT2D eigenvalue weighted by atomic mass is 32.2. The maximum Gasteiger partial charge on any atom is 0.298 e. The van der Waals surface area contributed by atoms with Crippen LogP contribution in [-0.4, -0.2) is 103 Å². The zero-order valence-electron chi connectivity index (χ0n) is 42.3. The number of sulfonamides is 1. The molecule has 34 nitrogen and oxygen atoms in total. The lowest BCUT2D eigenvalue weighted by Gasteiger charge is -2.14. The summed E-state index contributed by atoms with van der Waals surface area (Å²) in [4.78, 5) is -7.38. The van der Waals surface area contributed by atoms with Crippen LogP contribution in [0.1, 0.15) is 0 Å². The summed E-state index contributed by atoms with van der Waals surface area (Å²) < 4.78 is 249. The van der Waals surface area contributed by atoms with Gasteiger partial charge in [-0.05, 0) is 109 Å². The topological polar surface area (TPSA) is 572 Å². The number of azo groups is 4. The molecule has 0 aromatic heterocycles. The number of rotatable bonds is 17. The molecule has 8 rings (SSSR count). The van der Waals surface area contributed by atoms with E-state index < -0.39 is 189 Å². The van der Waals surface area contributed by atoms with E-state index in [1.807, 2.05) is 0 Å². The Kier molecular flexibility index (Phi) is 16.7. The molecule has 0 saturated carbocycles. The summed E-state index contributed by atoms with van der Waals surface area (Å²) >= 11 is 0. The van der Waals surface area contributed by atoms with Crippen molar-refractivity contribution in [1.29, 1.82) is 0 Å². The molecule has 7 aromatic carbocycles. The van der Waals surface area contributed by atoms with Crippen LogP contribution < -0.4 is 21.9 Å². The van der Waals surface area contributed by atoms with Gasteiger partial charge in [0.2, 0.25) is 0 Å². The van der Waals surface area contributed by atoms with Gasteiger partial charge in [0.05, 0.1) is 66.6 Å². The number of anilines is 4. The van der Waals surface area contributed by atoms with E-state index >= 15 is 0 Å². The molecule has 0 atom stereocenters. The normalized spacial score (nSPS) is 15.1. The van der Waals surface area contributed by atoms with Gasteiger partial charge in [-0.2, -0.15) is 57.4 Å². The fourth-order valence-electron chi connectivity index (χ4n) is 7.58. The maximum atomic E-state index is 13.5. The van der Waals surface area contributed by atoms with E-state index in [1.54, 1.807) is 0 Å². The van der Waals surface area contributed by atoms with E-state index in [4.69, 9.17) is 17.2 Å². The number of nitrogen functional groups attached to an aromatic ring is 3. The SMILES string of the molecule is C=CS(=O)(=O)c1ccc(/N=N/c2c(S(=O)(=O)O)cc3cc(S(=O)(=O)O)c(/N=N/c4ccc(S(=O)(=O)Nc5ccc(/N=N/c6cc(S(=O)(=O)O)c(N)c(/N=N/c7cc8c(cc7S(=O)(=O)O)S(=O)(=O)OCCS8(=O)=O)c6N)cc5)cc4)c(O)c3c2N)cc1. The van der Waals surface area contributed by atoms with Gasteiger partial charge in [-0.1, -0.05) is 6.58 Å². The molecule has 0 bridgehead atoms. The number of phenols is 1. The van der Waals surface area contributed by atoms with Crippen LogP contribution in [0.15, 0.2) is 195 Å². The molecule has 1 heterocycles. The molecule has 0 aliphatic carbocycles. The number of nitrogens with one attached hydrogen (secondary N) is 1. The third-order valence-electron chi connectivity index (χ3n) is 11.7. The van der Waals surface area contributed by atoms with E-state index in [0.29, 0.717) is 29.7 Å². The van der Waals surface area contributed by atoms with Crippen molar-refractivity contribution in [2.24, 2.45) is 40.9 Å². The number of phenolic OH excluding ortho intramolecular Hbond substituents is 1. The monoisotopic (exact) mass is 1340 g/mol. The van der Waals surface area contributed by atoms with E-state index in [1.165, 1.54) is 36.4 Å². The lowest BCUT2D eigenvalue weighted by Crippen LogP contribution is -2.12. The zero-order chi connectivity index (χ0) is 63.5. The third kappa shape index (κ3) is 13.2.